The van der Waals surface area contributed by atoms with Crippen molar-refractivity contribution in [3.05, 3.63) is 88.0 Å². The van der Waals surface area contributed by atoms with Crippen LogP contribution in [-0.4, -0.2) is 29.9 Å². The molecule has 1 aliphatic rings. The minimum atomic E-state index is -0.409. The third-order valence-corrected chi connectivity index (χ3v) is 6.40. The summed E-state index contributed by atoms with van der Waals surface area (Å²) in [6.45, 7) is -0.271. The number of thioether (sulfide) groups is 1. The summed E-state index contributed by atoms with van der Waals surface area (Å²) < 4.78 is 24.4. The lowest BCUT2D eigenvalue weighted by atomic mass is 10.2. The highest BCUT2D eigenvalue weighted by molar-refractivity contribution is 8.27. The van der Waals surface area contributed by atoms with Crippen LogP contribution in [0.4, 0.5) is 15.8 Å². The van der Waals surface area contributed by atoms with Gasteiger partial charge in [-0.3, -0.25) is 14.5 Å². The Labute approximate surface area is 215 Å². The standard InChI is InChI=1S/C25H18ClFN2O4S2/c1-32-21-12-15(2-11-20(21)33-14-23(30)28-18-7-5-17(27)6-8-18)13-22-24(31)29(25(34)35-22)19-9-3-16(26)4-10-19/h2-13H,14H2,1H3,(H,28,30)/b22-13-. The molecule has 3 aromatic rings. The Bertz CT molecular complexity index is 1310. The zero-order valence-corrected chi connectivity index (χ0v) is 20.7. The summed E-state index contributed by atoms with van der Waals surface area (Å²) in [5, 5.41) is 3.19. The Morgan fingerprint density at radius 3 is 2.51 bits per heavy atom. The van der Waals surface area contributed by atoms with Crippen LogP contribution in [0, 0.1) is 5.82 Å². The monoisotopic (exact) mass is 528 g/mol. The van der Waals surface area contributed by atoms with Crippen LogP contribution in [0.2, 0.25) is 5.02 Å². The molecule has 6 nitrogen and oxygen atoms in total. The molecule has 35 heavy (non-hydrogen) atoms. The molecule has 0 radical (unpaired) electrons. The van der Waals surface area contributed by atoms with E-state index < -0.39 is 11.7 Å². The Morgan fingerprint density at radius 1 is 1.11 bits per heavy atom. The van der Waals surface area contributed by atoms with Crippen molar-refractivity contribution < 1.29 is 23.5 Å². The van der Waals surface area contributed by atoms with Gasteiger partial charge in [-0.1, -0.05) is 41.6 Å². The van der Waals surface area contributed by atoms with Gasteiger partial charge in [0.05, 0.1) is 17.7 Å². The minimum Gasteiger partial charge on any atom is -0.493 e. The van der Waals surface area contributed by atoms with E-state index in [1.807, 2.05) is 0 Å². The first-order valence-corrected chi connectivity index (χ1v) is 11.8. The first-order chi connectivity index (χ1) is 16.8. The van der Waals surface area contributed by atoms with Crippen LogP contribution >= 0.6 is 35.6 Å². The van der Waals surface area contributed by atoms with E-state index in [1.54, 1.807) is 48.5 Å². The highest BCUT2D eigenvalue weighted by atomic mass is 35.5. The van der Waals surface area contributed by atoms with Gasteiger partial charge in [-0.05, 0) is 72.3 Å². The summed E-state index contributed by atoms with van der Waals surface area (Å²) in [5.41, 5.74) is 1.79. The molecule has 10 heteroatoms. The van der Waals surface area contributed by atoms with Crippen LogP contribution < -0.4 is 19.7 Å². The predicted molar refractivity (Wildman–Crippen MR) is 141 cm³/mol. The summed E-state index contributed by atoms with van der Waals surface area (Å²) >= 11 is 12.5. The van der Waals surface area contributed by atoms with E-state index in [2.05, 4.69) is 5.32 Å². The number of methoxy groups -OCH3 is 1. The van der Waals surface area contributed by atoms with Crippen LogP contribution in [0.1, 0.15) is 5.56 Å². The number of hydrogen-bond acceptors (Lipinski definition) is 6. The zero-order valence-electron chi connectivity index (χ0n) is 18.3. The molecule has 3 aromatic carbocycles. The minimum absolute atomic E-state index is 0.237. The van der Waals surface area contributed by atoms with Crippen molar-refractivity contribution in [3.8, 4) is 11.5 Å². The highest BCUT2D eigenvalue weighted by Crippen LogP contribution is 2.37. The van der Waals surface area contributed by atoms with Crippen molar-refractivity contribution in [2.75, 3.05) is 23.9 Å². The first kappa shape index (κ1) is 24.7. The summed E-state index contributed by atoms with van der Waals surface area (Å²) in [5.74, 6) is -0.293. The van der Waals surface area contributed by atoms with Gasteiger partial charge in [-0.2, -0.15) is 0 Å². The van der Waals surface area contributed by atoms with Gasteiger partial charge in [0.1, 0.15) is 5.82 Å². The normalized spacial score (nSPS) is 14.4. The molecule has 0 spiro atoms. The van der Waals surface area contributed by atoms with Gasteiger partial charge in [0.2, 0.25) is 0 Å². The summed E-state index contributed by atoms with van der Waals surface area (Å²) in [6.07, 6.45) is 1.71. The van der Waals surface area contributed by atoms with Gasteiger partial charge in [-0.25, -0.2) is 4.39 Å². The lowest BCUT2D eigenvalue weighted by Crippen LogP contribution is -2.27. The molecule has 4 rings (SSSR count). The SMILES string of the molecule is COc1cc(/C=C2\SC(=S)N(c3ccc(Cl)cc3)C2=O)ccc1OCC(=O)Nc1ccc(F)cc1. The molecule has 0 unspecified atom stereocenters. The predicted octanol–water partition coefficient (Wildman–Crippen LogP) is 5.91. The molecule has 0 aliphatic carbocycles. The smallest absolute Gasteiger partial charge is 0.270 e. The molecular weight excluding hydrogens is 511 g/mol. The summed E-state index contributed by atoms with van der Waals surface area (Å²) in [7, 11) is 1.48. The fourth-order valence-corrected chi connectivity index (χ4v) is 4.62. The topological polar surface area (TPSA) is 67.9 Å². The largest absolute Gasteiger partial charge is 0.493 e. The Kier molecular flexibility index (Phi) is 7.70. The van der Waals surface area contributed by atoms with E-state index in [9.17, 15) is 14.0 Å². The van der Waals surface area contributed by atoms with Crippen LogP contribution in [0.15, 0.2) is 71.6 Å². The summed E-state index contributed by atoms with van der Waals surface area (Å²) in [4.78, 5) is 27.0. The Hall–Kier alpha value is -3.40. The van der Waals surface area contributed by atoms with Crippen molar-refractivity contribution in [2.24, 2.45) is 0 Å². The maximum Gasteiger partial charge on any atom is 0.270 e. The molecule has 178 valence electrons. The number of benzene rings is 3. The molecular formula is C25H18ClFN2O4S2. The fraction of sp³-hybridized carbons (Fsp3) is 0.0800. The molecule has 0 bridgehead atoms. The maximum atomic E-state index is 13.0. The van der Waals surface area contributed by atoms with Gasteiger partial charge < -0.3 is 14.8 Å². The number of nitrogens with zero attached hydrogens (tertiary/aromatic N) is 1. The molecule has 1 fully saturated rings. The second-order valence-corrected chi connectivity index (χ2v) is 9.36. The van der Waals surface area contributed by atoms with Crippen LogP contribution in [0.25, 0.3) is 6.08 Å². The molecule has 1 aliphatic heterocycles. The number of rotatable bonds is 7. The molecule has 1 saturated heterocycles. The second-order valence-electron chi connectivity index (χ2n) is 7.25. The number of thiocarbonyl (C=S) groups is 1. The number of nitrogens with one attached hydrogen (secondary N) is 1. The molecule has 0 saturated carbocycles. The number of ether oxygens (including phenoxy) is 2. The third-order valence-electron chi connectivity index (χ3n) is 4.85. The van der Waals surface area contributed by atoms with Crippen molar-refractivity contribution in [1.82, 2.24) is 0 Å². The Balaban J connectivity index is 1.44. The molecule has 0 aromatic heterocycles. The van der Waals surface area contributed by atoms with E-state index in [1.165, 1.54) is 48.0 Å². The number of carbonyl (C=O) groups excluding carboxylic acids is 2. The van der Waals surface area contributed by atoms with E-state index in [4.69, 9.17) is 33.3 Å². The first-order valence-electron chi connectivity index (χ1n) is 10.2. The average Bonchev–Trinajstić information content (AvgIpc) is 3.12. The van der Waals surface area contributed by atoms with Crippen molar-refractivity contribution >= 4 is 69.2 Å². The summed E-state index contributed by atoms with van der Waals surface area (Å²) in [6, 6.07) is 17.4. The van der Waals surface area contributed by atoms with E-state index in [0.29, 0.717) is 42.7 Å². The quantitative estimate of drug-likeness (QED) is 0.304. The number of hydrogen-bond donors (Lipinski definition) is 1. The van der Waals surface area contributed by atoms with E-state index in [-0.39, 0.29) is 12.5 Å². The van der Waals surface area contributed by atoms with Crippen molar-refractivity contribution in [3.63, 3.8) is 0 Å². The Morgan fingerprint density at radius 2 is 1.83 bits per heavy atom. The highest BCUT2D eigenvalue weighted by Gasteiger charge is 2.33. The van der Waals surface area contributed by atoms with Gasteiger partial charge in [0.15, 0.2) is 22.4 Å². The third kappa shape index (κ3) is 6.00. The van der Waals surface area contributed by atoms with Crippen LogP contribution in [-0.2, 0) is 9.59 Å². The number of carbonyl (C=O) groups is 2. The lowest BCUT2D eigenvalue weighted by Gasteiger charge is -2.14. The van der Waals surface area contributed by atoms with Crippen molar-refractivity contribution in [1.29, 1.82) is 0 Å². The number of anilines is 2. The molecule has 1 N–H and O–H groups in total. The van der Waals surface area contributed by atoms with Gasteiger partial charge in [0.25, 0.3) is 11.8 Å². The maximum absolute atomic E-state index is 13.0. The number of halogens is 2. The average molecular weight is 529 g/mol. The van der Waals surface area contributed by atoms with Crippen LogP contribution in [0.3, 0.4) is 0 Å². The van der Waals surface area contributed by atoms with Gasteiger partial charge >= 0.3 is 0 Å². The van der Waals surface area contributed by atoms with Crippen molar-refractivity contribution in [2.45, 2.75) is 0 Å². The molecule has 1 heterocycles. The van der Waals surface area contributed by atoms with E-state index in [0.717, 1.165) is 0 Å². The fourth-order valence-electron chi connectivity index (χ4n) is 3.20. The zero-order chi connectivity index (χ0) is 24.9. The molecule has 0 atom stereocenters. The van der Waals surface area contributed by atoms with Gasteiger partial charge in [-0.15, -0.1) is 0 Å². The lowest BCUT2D eigenvalue weighted by molar-refractivity contribution is -0.118. The second kappa shape index (κ2) is 10.9. The van der Waals surface area contributed by atoms with E-state index >= 15 is 0 Å². The van der Waals surface area contributed by atoms with Crippen LogP contribution in [0.5, 0.6) is 11.5 Å². The molecule has 2 amide bonds. The number of amides is 2. The van der Waals surface area contributed by atoms with Gasteiger partial charge in [0, 0.05) is 10.7 Å².